The summed E-state index contributed by atoms with van der Waals surface area (Å²) in [6.45, 7) is 8.28. The van der Waals surface area contributed by atoms with E-state index in [1.807, 2.05) is 6.92 Å². The molecule has 19 heavy (non-hydrogen) atoms. The van der Waals surface area contributed by atoms with Crippen LogP contribution in [0.15, 0.2) is 17.2 Å². The molecule has 0 aromatic carbocycles. The van der Waals surface area contributed by atoms with Crippen LogP contribution in [0.1, 0.15) is 39.3 Å². The van der Waals surface area contributed by atoms with E-state index in [2.05, 4.69) is 28.9 Å². The third kappa shape index (κ3) is 5.76. The maximum absolute atomic E-state index is 12.0. The maximum Gasteiger partial charge on any atom is 0.242 e. The second kappa shape index (κ2) is 7.67. The minimum Gasteiger partial charge on any atom is -0.363 e. The topological polar surface area (TPSA) is 74.0 Å². The summed E-state index contributed by atoms with van der Waals surface area (Å²) in [4.78, 5) is 3.28. The van der Waals surface area contributed by atoms with Crippen LogP contribution in [0, 0.1) is 5.92 Å². The minimum absolute atomic E-state index is 0.310. The van der Waals surface area contributed by atoms with E-state index >= 15 is 0 Å². The van der Waals surface area contributed by atoms with Gasteiger partial charge in [0.2, 0.25) is 10.0 Å². The lowest BCUT2D eigenvalue weighted by atomic mass is 10.1. The monoisotopic (exact) mass is 287 g/mol. The largest absolute Gasteiger partial charge is 0.363 e. The van der Waals surface area contributed by atoms with E-state index in [4.69, 9.17) is 0 Å². The first-order chi connectivity index (χ1) is 8.95. The van der Waals surface area contributed by atoms with Crippen molar-refractivity contribution in [3.63, 3.8) is 0 Å². The van der Waals surface area contributed by atoms with Gasteiger partial charge in [-0.2, -0.15) is 0 Å². The molecule has 0 amide bonds. The number of nitrogens with one attached hydrogen (secondary N) is 3. The molecule has 0 bridgehead atoms. The van der Waals surface area contributed by atoms with Gasteiger partial charge in [0.1, 0.15) is 0 Å². The summed E-state index contributed by atoms with van der Waals surface area (Å²) in [5, 5.41) is 3.15. The summed E-state index contributed by atoms with van der Waals surface area (Å²) < 4.78 is 26.7. The second-order valence-electron chi connectivity index (χ2n) is 5.07. The van der Waals surface area contributed by atoms with Crippen molar-refractivity contribution in [3.05, 3.63) is 18.0 Å². The summed E-state index contributed by atoms with van der Waals surface area (Å²) in [7, 11) is -3.37. The molecule has 0 radical (unpaired) electrons. The molecule has 0 spiro atoms. The number of aromatic amines is 1. The van der Waals surface area contributed by atoms with Crippen molar-refractivity contribution in [1.29, 1.82) is 0 Å². The Morgan fingerprint density at radius 1 is 1.37 bits per heavy atom. The highest BCUT2D eigenvalue weighted by atomic mass is 32.2. The van der Waals surface area contributed by atoms with Gasteiger partial charge in [0.25, 0.3) is 0 Å². The second-order valence-corrected chi connectivity index (χ2v) is 6.84. The van der Waals surface area contributed by atoms with Gasteiger partial charge in [-0.1, -0.05) is 20.8 Å². The molecule has 0 unspecified atom stereocenters. The van der Waals surface area contributed by atoms with Gasteiger partial charge in [-0.3, -0.25) is 0 Å². The average molecular weight is 287 g/mol. The first-order valence-electron chi connectivity index (χ1n) is 6.83. The number of hydrogen-bond donors (Lipinski definition) is 3. The van der Waals surface area contributed by atoms with Crippen molar-refractivity contribution in [2.24, 2.45) is 5.92 Å². The first-order valence-corrected chi connectivity index (χ1v) is 8.31. The van der Waals surface area contributed by atoms with Crippen LogP contribution >= 0.6 is 0 Å². The number of sulfonamides is 1. The average Bonchev–Trinajstić information content (AvgIpc) is 2.81. The summed E-state index contributed by atoms with van der Waals surface area (Å²) in [5.74, 6) is 0.600. The Bertz CT molecular complexity index is 466. The zero-order valence-corrected chi connectivity index (χ0v) is 12.8. The molecule has 3 N–H and O–H groups in total. The molecule has 5 nitrogen and oxygen atoms in total. The van der Waals surface area contributed by atoms with Crippen LogP contribution in [0.5, 0.6) is 0 Å². The van der Waals surface area contributed by atoms with Gasteiger partial charge < -0.3 is 10.3 Å². The van der Waals surface area contributed by atoms with Crippen molar-refractivity contribution in [2.45, 2.75) is 45.1 Å². The Balaban J connectivity index is 2.50. The van der Waals surface area contributed by atoms with Crippen molar-refractivity contribution >= 4 is 10.0 Å². The van der Waals surface area contributed by atoms with Crippen molar-refractivity contribution in [2.75, 3.05) is 13.1 Å². The molecule has 1 rings (SSSR count). The fourth-order valence-corrected chi connectivity index (χ4v) is 2.83. The molecule has 0 aliphatic heterocycles. The van der Waals surface area contributed by atoms with Gasteiger partial charge in [-0.15, -0.1) is 0 Å². The number of rotatable bonds is 9. The van der Waals surface area contributed by atoms with Gasteiger partial charge in [0.05, 0.1) is 4.90 Å². The SMILES string of the molecule is CCNCc1cc(S(=O)(=O)NCCCC(C)C)c[nH]1. The highest BCUT2D eigenvalue weighted by Gasteiger charge is 2.15. The molecule has 110 valence electrons. The van der Waals surface area contributed by atoms with E-state index in [-0.39, 0.29) is 0 Å². The van der Waals surface area contributed by atoms with Crippen LogP contribution in [0.25, 0.3) is 0 Å². The van der Waals surface area contributed by atoms with Gasteiger partial charge >= 0.3 is 0 Å². The maximum atomic E-state index is 12.0. The van der Waals surface area contributed by atoms with Gasteiger partial charge in [-0.05, 0) is 31.4 Å². The third-order valence-corrected chi connectivity index (χ3v) is 4.28. The predicted octanol–water partition coefficient (Wildman–Crippen LogP) is 1.84. The normalized spacial score (nSPS) is 12.2. The summed E-state index contributed by atoms with van der Waals surface area (Å²) in [6, 6.07) is 1.67. The number of aromatic nitrogens is 1. The molecular formula is C13H25N3O2S. The van der Waals surface area contributed by atoms with Crippen LogP contribution in [-0.2, 0) is 16.6 Å². The van der Waals surface area contributed by atoms with E-state index in [1.54, 1.807) is 6.07 Å². The Hall–Kier alpha value is -0.850. The Labute approximate surface area is 116 Å². The molecule has 1 aromatic rings. The smallest absolute Gasteiger partial charge is 0.242 e. The fraction of sp³-hybridized carbons (Fsp3) is 0.692. The molecule has 1 aromatic heterocycles. The molecule has 0 atom stereocenters. The highest BCUT2D eigenvalue weighted by molar-refractivity contribution is 7.89. The van der Waals surface area contributed by atoms with E-state index in [1.165, 1.54) is 6.20 Å². The molecule has 1 heterocycles. The number of H-pyrrole nitrogens is 1. The summed E-state index contributed by atoms with van der Waals surface area (Å²) in [6.07, 6.45) is 3.43. The van der Waals surface area contributed by atoms with Crippen molar-refractivity contribution in [1.82, 2.24) is 15.0 Å². The van der Waals surface area contributed by atoms with E-state index < -0.39 is 10.0 Å². The molecular weight excluding hydrogens is 262 g/mol. The van der Waals surface area contributed by atoms with E-state index in [9.17, 15) is 8.42 Å². The predicted molar refractivity (Wildman–Crippen MR) is 77.4 cm³/mol. The standard InChI is InChI=1S/C13H25N3O2S/c1-4-14-9-12-8-13(10-15-12)19(17,18)16-7-5-6-11(2)3/h8,10-11,14-16H,4-7,9H2,1-3H3. The summed E-state index contributed by atoms with van der Waals surface area (Å²) >= 11 is 0. The highest BCUT2D eigenvalue weighted by Crippen LogP contribution is 2.11. The van der Waals surface area contributed by atoms with Crippen LogP contribution < -0.4 is 10.0 Å². The van der Waals surface area contributed by atoms with Gasteiger partial charge in [0, 0.05) is 25.0 Å². The van der Waals surface area contributed by atoms with Crippen molar-refractivity contribution in [3.8, 4) is 0 Å². The molecule has 0 aliphatic carbocycles. The zero-order chi connectivity index (χ0) is 14.3. The molecule has 0 saturated carbocycles. The van der Waals surface area contributed by atoms with Crippen LogP contribution in [0.4, 0.5) is 0 Å². The zero-order valence-electron chi connectivity index (χ0n) is 12.0. The van der Waals surface area contributed by atoms with Gasteiger partial charge in [0.15, 0.2) is 0 Å². The Morgan fingerprint density at radius 2 is 2.11 bits per heavy atom. The quantitative estimate of drug-likeness (QED) is 0.607. The molecule has 6 heteroatoms. The minimum atomic E-state index is -3.37. The lowest BCUT2D eigenvalue weighted by Gasteiger charge is -2.06. The van der Waals surface area contributed by atoms with E-state index in [0.29, 0.717) is 23.9 Å². The van der Waals surface area contributed by atoms with E-state index in [0.717, 1.165) is 25.1 Å². The van der Waals surface area contributed by atoms with Crippen LogP contribution in [-0.4, -0.2) is 26.5 Å². The lowest BCUT2D eigenvalue weighted by Crippen LogP contribution is -2.24. The third-order valence-electron chi connectivity index (χ3n) is 2.84. The van der Waals surface area contributed by atoms with Crippen LogP contribution in [0.2, 0.25) is 0 Å². The lowest BCUT2D eigenvalue weighted by molar-refractivity contribution is 0.540. The molecule has 0 fully saturated rings. The van der Waals surface area contributed by atoms with Crippen molar-refractivity contribution < 1.29 is 8.42 Å². The van der Waals surface area contributed by atoms with Gasteiger partial charge in [-0.25, -0.2) is 13.1 Å². The summed E-state index contributed by atoms with van der Waals surface area (Å²) in [5.41, 5.74) is 0.879. The number of hydrogen-bond acceptors (Lipinski definition) is 3. The molecule has 0 saturated heterocycles. The Morgan fingerprint density at radius 3 is 2.74 bits per heavy atom. The Kier molecular flexibility index (Phi) is 6.54. The molecule has 0 aliphatic rings. The fourth-order valence-electron chi connectivity index (χ4n) is 1.74. The van der Waals surface area contributed by atoms with Crippen LogP contribution in [0.3, 0.4) is 0 Å². The first kappa shape index (κ1) is 16.2.